The number of aryl methyl sites for hydroxylation is 1. The second-order valence-corrected chi connectivity index (χ2v) is 7.51. The molecule has 3 aromatic rings. The summed E-state index contributed by atoms with van der Waals surface area (Å²) in [6, 6.07) is 14.2. The first-order valence-corrected chi connectivity index (χ1v) is 11.1. The molecule has 0 atom stereocenters. The number of benzene rings is 2. The number of carbonyl (C=O) groups excluding carboxylic acids is 1. The summed E-state index contributed by atoms with van der Waals surface area (Å²) in [5.41, 5.74) is 2.53. The Balaban J connectivity index is 1.55. The van der Waals surface area contributed by atoms with Gasteiger partial charge in [0.05, 0.1) is 12.2 Å². The summed E-state index contributed by atoms with van der Waals surface area (Å²) in [5, 5.41) is 0. The van der Waals surface area contributed by atoms with Crippen molar-refractivity contribution in [1.29, 1.82) is 0 Å². The van der Waals surface area contributed by atoms with Crippen molar-refractivity contribution in [1.82, 2.24) is 9.97 Å². The fourth-order valence-corrected chi connectivity index (χ4v) is 3.13. The van der Waals surface area contributed by atoms with Crippen LogP contribution < -0.4 is 9.47 Å². The lowest BCUT2D eigenvalue weighted by molar-refractivity contribution is 0.0734. The minimum absolute atomic E-state index is 0.404. The van der Waals surface area contributed by atoms with Gasteiger partial charge in [-0.1, -0.05) is 33.1 Å². The van der Waals surface area contributed by atoms with Crippen LogP contribution in [0.1, 0.15) is 61.9 Å². The molecule has 0 N–H and O–H groups in total. The van der Waals surface area contributed by atoms with Crippen LogP contribution in [0.5, 0.6) is 11.5 Å². The molecule has 162 valence electrons. The number of carbonyl (C=O) groups is 1. The molecular formula is C26H30N2O3. The Bertz CT molecular complexity index is 936. The van der Waals surface area contributed by atoms with E-state index in [0.29, 0.717) is 23.7 Å². The molecule has 5 nitrogen and oxygen atoms in total. The van der Waals surface area contributed by atoms with Crippen LogP contribution in [0.4, 0.5) is 0 Å². The van der Waals surface area contributed by atoms with Crippen molar-refractivity contribution in [3.05, 3.63) is 72.1 Å². The highest BCUT2D eigenvalue weighted by Gasteiger charge is 2.10. The normalized spacial score (nSPS) is 10.6. The first-order valence-electron chi connectivity index (χ1n) is 11.1. The molecule has 0 aliphatic rings. The summed E-state index contributed by atoms with van der Waals surface area (Å²) in [4.78, 5) is 21.3. The number of aromatic nitrogens is 2. The predicted octanol–water partition coefficient (Wildman–Crippen LogP) is 6.27. The maximum absolute atomic E-state index is 12.4. The quantitative estimate of drug-likeness (QED) is 0.208. The molecule has 0 saturated carbocycles. The van der Waals surface area contributed by atoms with E-state index >= 15 is 0 Å². The Morgan fingerprint density at radius 3 is 2.13 bits per heavy atom. The molecule has 31 heavy (non-hydrogen) atoms. The Hall–Kier alpha value is -3.21. The molecule has 0 radical (unpaired) electrons. The third-order valence-corrected chi connectivity index (χ3v) is 4.91. The van der Waals surface area contributed by atoms with Crippen LogP contribution in [0.15, 0.2) is 60.9 Å². The van der Waals surface area contributed by atoms with Crippen LogP contribution in [0, 0.1) is 0 Å². The molecule has 0 saturated heterocycles. The average molecular weight is 419 g/mol. The monoisotopic (exact) mass is 418 g/mol. The molecule has 1 heterocycles. The lowest BCUT2D eigenvalue weighted by Gasteiger charge is -2.07. The molecule has 0 fully saturated rings. The SMILES string of the molecule is CCCCCCc1cnc(-c2ccc(OC(=O)c3ccc(OCCC)cc3)cc2)nc1. The highest BCUT2D eigenvalue weighted by molar-refractivity contribution is 5.91. The van der Waals surface area contributed by atoms with E-state index < -0.39 is 5.97 Å². The Morgan fingerprint density at radius 1 is 0.806 bits per heavy atom. The van der Waals surface area contributed by atoms with E-state index in [4.69, 9.17) is 9.47 Å². The van der Waals surface area contributed by atoms with Crippen LogP contribution in [0.2, 0.25) is 0 Å². The number of hydrogen-bond donors (Lipinski definition) is 0. The first-order chi connectivity index (χ1) is 15.2. The summed E-state index contributed by atoms with van der Waals surface area (Å²) in [5.74, 6) is 1.48. The molecule has 2 aromatic carbocycles. The molecule has 3 rings (SSSR count). The number of ether oxygens (including phenoxy) is 2. The van der Waals surface area contributed by atoms with Gasteiger partial charge in [-0.3, -0.25) is 0 Å². The van der Waals surface area contributed by atoms with E-state index in [0.717, 1.165) is 29.7 Å². The first kappa shape index (κ1) is 22.5. The highest BCUT2D eigenvalue weighted by Crippen LogP contribution is 2.21. The summed E-state index contributed by atoms with van der Waals surface area (Å²) >= 11 is 0. The zero-order chi connectivity index (χ0) is 21.9. The fourth-order valence-electron chi connectivity index (χ4n) is 3.13. The van der Waals surface area contributed by atoms with E-state index in [1.807, 2.05) is 31.5 Å². The van der Waals surface area contributed by atoms with Crippen molar-refractivity contribution in [2.45, 2.75) is 52.4 Å². The third-order valence-electron chi connectivity index (χ3n) is 4.91. The highest BCUT2D eigenvalue weighted by atomic mass is 16.5. The van der Waals surface area contributed by atoms with E-state index in [9.17, 15) is 4.79 Å². The standard InChI is InChI=1S/C26H30N2O3/c1-3-5-6-7-8-20-18-27-25(28-19-20)21-9-15-24(16-10-21)31-26(29)22-11-13-23(14-12-22)30-17-4-2/h9-16,18-19H,3-8,17H2,1-2H3. The molecule has 0 aliphatic carbocycles. The summed E-state index contributed by atoms with van der Waals surface area (Å²) < 4.78 is 11.0. The average Bonchev–Trinajstić information content (AvgIpc) is 2.82. The van der Waals surface area contributed by atoms with Crippen molar-refractivity contribution >= 4 is 5.97 Å². The Labute approximate surface area is 184 Å². The maximum atomic E-state index is 12.4. The summed E-state index contributed by atoms with van der Waals surface area (Å²) in [6.07, 6.45) is 10.7. The molecule has 1 aromatic heterocycles. The van der Waals surface area contributed by atoms with Crippen LogP contribution in [0.25, 0.3) is 11.4 Å². The van der Waals surface area contributed by atoms with Crippen LogP contribution in [0.3, 0.4) is 0 Å². The van der Waals surface area contributed by atoms with Gasteiger partial charge in [0.2, 0.25) is 0 Å². The van der Waals surface area contributed by atoms with Gasteiger partial charge in [0, 0.05) is 18.0 Å². The minimum atomic E-state index is -0.404. The fraction of sp³-hybridized carbons (Fsp3) is 0.346. The second-order valence-electron chi connectivity index (χ2n) is 7.51. The molecule has 0 unspecified atom stereocenters. The van der Waals surface area contributed by atoms with Gasteiger partial charge in [-0.15, -0.1) is 0 Å². The van der Waals surface area contributed by atoms with E-state index in [-0.39, 0.29) is 0 Å². The molecule has 0 aliphatic heterocycles. The largest absolute Gasteiger partial charge is 0.494 e. The number of hydrogen-bond acceptors (Lipinski definition) is 5. The van der Waals surface area contributed by atoms with Gasteiger partial charge in [0.25, 0.3) is 0 Å². The summed E-state index contributed by atoms with van der Waals surface area (Å²) in [7, 11) is 0. The zero-order valence-corrected chi connectivity index (χ0v) is 18.3. The molecule has 0 spiro atoms. The predicted molar refractivity (Wildman–Crippen MR) is 123 cm³/mol. The maximum Gasteiger partial charge on any atom is 0.343 e. The van der Waals surface area contributed by atoms with Gasteiger partial charge in [-0.2, -0.15) is 0 Å². The van der Waals surface area contributed by atoms with Crippen molar-refractivity contribution in [3.63, 3.8) is 0 Å². The van der Waals surface area contributed by atoms with Gasteiger partial charge >= 0.3 is 5.97 Å². The summed E-state index contributed by atoms with van der Waals surface area (Å²) in [6.45, 7) is 4.92. The number of esters is 1. The van der Waals surface area contributed by atoms with E-state index in [2.05, 4.69) is 16.9 Å². The van der Waals surface area contributed by atoms with Crippen molar-refractivity contribution in [2.75, 3.05) is 6.61 Å². The Kier molecular flexibility index (Phi) is 8.59. The third kappa shape index (κ3) is 6.92. The van der Waals surface area contributed by atoms with E-state index in [1.54, 1.807) is 36.4 Å². The van der Waals surface area contributed by atoms with Crippen LogP contribution >= 0.6 is 0 Å². The number of unbranched alkanes of at least 4 members (excludes halogenated alkanes) is 3. The second kappa shape index (κ2) is 11.8. The van der Waals surface area contributed by atoms with E-state index in [1.165, 1.54) is 25.7 Å². The smallest absolute Gasteiger partial charge is 0.343 e. The van der Waals surface area contributed by atoms with Crippen molar-refractivity contribution in [2.24, 2.45) is 0 Å². The van der Waals surface area contributed by atoms with Gasteiger partial charge in [-0.25, -0.2) is 14.8 Å². The zero-order valence-electron chi connectivity index (χ0n) is 18.3. The van der Waals surface area contributed by atoms with Gasteiger partial charge < -0.3 is 9.47 Å². The van der Waals surface area contributed by atoms with Gasteiger partial charge in [-0.05, 0) is 73.4 Å². The topological polar surface area (TPSA) is 61.3 Å². The number of rotatable bonds is 11. The van der Waals surface area contributed by atoms with Crippen LogP contribution in [-0.4, -0.2) is 22.5 Å². The van der Waals surface area contributed by atoms with Gasteiger partial charge in [0.1, 0.15) is 11.5 Å². The van der Waals surface area contributed by atoms with Gasteiger partial charge in [0.15, 0.2) is 5.82 Å². The molecule has 5 heteroatoms. The van der Waals surface area contributed by atoms with Crippen LogP contribution in [-0.2, 0) is 6.42 Å². The lowest BCUT2D eigenvalue weighted by atomic mass is 10.1. The molecule has 0 amide bonds. The molecular weight excluding hydrogens is 388 g/mol. The number of nitrogens with zero attached hydrogens (tertiary/aromatic N) is 2. The molecule has 0 bridgehead atoms. The minimum Gasteiger partial charge on any atom is -0.494 e. The lowest BCUT2D eigenvalue weighted by Crippen LogP contribution is -2.08. The van der Waals surface area contributed by atoms with Crippen molar-refractivity contribution in [3.8, 4) is 22.9 Å². The van der Waals surface area contributed by atoms with Crippen molar-refractivity contribution < 1.29 is 14.3 Å². The Morgan fingerprint density at radius 2 is 1.48 bits per heavy atom.